The minimum Gasteiger partial charge on any atom is -0.508 e. The molecule has 1 aromatic carbocycles. The first kappa shape index (κ1) is 8.53. The van der Waals surface area contributed by atoms with E-state index in [0.717, 1.165) is 18.5 Å². The second-order valence-corrected chi connectivity index (χ2v) is 3.34. The Kier molecular flexibility index (Phi) is 2.20. The van der Waals surface area contributed by atoms with Gasteiger partial charge >= 0.3 is 0 Å². The Bertz CT molecular complexity index is 308. The molecule has 1 aromatic rings. The normalized spacial score (nSPS) is 21.2. The summed E-state index contributed by atoms with van der Waals surface area (Å²) in [5.74, 6) is 0.189. The van der Waals surface area contributed by atoms with E-state index in [4.69, 9.17) is 5.11 Å². The fourth-order valence-corrected chi connectivity index (χ4v) is 1.50. The number of aromatic hydroxyl groups is 1. The summed E-state index contributed by atoms with van der Waals surface area (Å²) in [6.45, 7) is 0.942. The molecule has 1 fully saturated rings. The standard InChI is InChI=1S/C10H13NO2/c12-6-8-2-1-7(5-10(8)13)9-3-4-11-9/h1-2,5,9,11-13H,3-4,6H2. The molecule has 13 heavy (non-hydrogen) atoms. The van der Waals surface area contributed by atoms with Gasteiger partial charge in [-0.15, -0.1) is 0 Å². The summed E-state index contributed by atoms with van der Waals surface area (Å²) in [6.07, 6.45) is 1.12. The molecular formula is C10H13NO2. The summed E-state index contributed by atoms with van der Waals surface area (Å²) >= 11 is 0. The smallest absolute Gasteiger partial charge is 0.121 e. The molecule has 0 saturated carbocycles. The van der Waals surface area contributed by atoms with Crippen LogP contribution in [0.1, 0.15) is 23.6 Å². The van der Waals surface area contributed by atoms with Crippen LogP contribution in [0.15, 0.2) is 18.2 Å². The fourth-order valence-electron chi connectivity index (χ4n) is 1.50. The van der Waals surface area contributed by atoms with Crippen molar-refractivity contribution >= 4 is 0 Å². The zero-order chi connectivity index (χ0) is 9.26. The number of rotatable bonds is 2. The molecule has 0 bridgehead atoms. The molecule has 3 N–H and O–H groups in total. The molecular weight excluding hydrogens is 166 g/mol. The van der Waals surface area contributed by atoms with Gasteiger partial charge in [0.15, 0.2) is 0 Å². The maximum absolute atomic E-state index is 9.47. The van der Waals surface area contributed by atoms with Crippen molar-refractivity contribution in [2.45, 2.75) is 19.1 Å². The second kappa shape index (κ2) is 3.36. The van der Waals surface area contributed by atoms with Gasteiger partial charge in [0.25, 0.3) is 0 Å². The van der Waals surface area contributed by atoms with Crippen molar-refractivity contribution in [3.8, 4) is 5.75 Å². The molecule has 3 heteroatoms. The monoisotopic (exact) mass is 179 g/mol. The van der Waals surface area contributed by atoms with Crippen molar-refractivity contribution in [1.82, 2.24) is 5.32 Å². The van der Waals surface area contributed by atoms with Crippen LogP contribution >= 0.6 is 0 Å². The predicted molar refractivity (Wildman–Crippen MR) is 49.4 cm³/mol. The van der Waals surface area contributed by atoms with Crippen molar-refractivity contribution in [2.75, 3.05) is 6.54 Å². The number of aliphatic hydroxyl groups is 1. The SMILES string of the molecule is OCc1ccc(C2CCN2)cc1O. The van der Waals surface area contributed by atoms with E-state index in [1.165, 1.54) is 0 Å². The highest BCUT2D eigenvalue weighted by Crippen LogP contribution is 2.27. The Hall–Kier alpha value is -1.06. The Morgan fingerprint density at radius 3 is 2.69 bits per heavy atom. The van der Waals surface area contributed by atoms with Gasteiger partial charge in [-0.25, -0.2) is 0 Å². The lowest BCUT2D eigenvalue weighted by atomic mass is 9.97. The quantitative estimate of drug-likeness (QED) is 0.632. The lowest BCUT2D eigenvalue weighted by molar-refractivity contribution is 0.275. The highest BCUT2D eigenvalue weighted by atomic mass is 16.3. The van der Waals surface area contributed by atoms with E-state index in [-0.39, 0.29) is 12.4 Å². The molecule has 1 heterocycles. The zero-order valence-corrected chi connectivity index (χ0v) is 7.33. The number of phenols is 1. The molecule has 0 spiro atoms. The van der Waals surface area contributed by atoms with Gasteiger partial charge in [0.05, 0.1) is 6.61 Å². The number of hydrogen-bond acceptors (Lipinski definition) is 3. The fraction of sp³-hybridized carbons (Fsp3) is 0.400. The van der Waals surface area contributed by atoms with Crippen LogP contribution in [-0.4, -0.2) is 16.8 Å². The van der Waals surface area contributed by atoms with Gasteiger partial charge in [0.2, 0.25) is 0 Å². The van der Waals surface area contributed by atoms with Crippen molar-refractivity contribution in [1.29, 1.82) is 0 Å². The molecule has 2 rings (SSSR count). The molecule has 70 valence electrons. The first-order valence-electron chi connectivity index (χ1n) is 4.47. The molecule has 0 aliphatic carbocycles. The highest BCUT2D eigenvalue weighted by Gasteiger charge is 2.18. The Morgan fingerprint density at radius 2 is 2.23 bits per heavy atom. The minimum atomic E-state index is -0.107. The van der Waals surface area contributed by atoms with E-state index in [1.807, 2.05) is 6.07 Å². The summed E-state index contributed by atoms with van der Waals surface area (Å²) in [5.41, 5.74) is 1.68. The van der Waals surface area contributed by atoms with E-state index in [0.29, 0.717) is 11.6 Å². The maximum Gasteiger partial charge on any atom is 0.121 e. The molecule has 1 aliphatic rings. The number of aliphatic hydroxyl groups excluding tert-OH is 1. The van der Waals surface area contributed by atoms with Crippen molar-refractivity contribution in [2.24, 2.45) is 0 Å². The van der Waals surface area contributed by atoms with Crippen LogP contribution in [0.4, 0.5) is 0 Å². The number of nitrogens with one attached hydrogen (secondary N) is 1. The van der Waals surface area contributed by atoms with Crippen molar-refractivity contribution in [3.05, 3.63) is 29.3 Å². The van der Waals surface area contributed by atoms with Crippen LogP contribution < -0.4 is 5.32 Å². The Labute approximate surface area is 77.0 Å². The van der Waals surface area contributed by atoms with E-state index in [9.17, 15) is 5.11 Å². The third-order valence-corrected chi connectivity index (χ3v) is 2.51. The van der Waals surface area contributed by atoms with E-state index < -0.39 is 0 Å². The Balaban J connectivity index is 2.24. The van der Waals surface area contributed by atoms with Crippen LogP contribution in [0.25, 0.3) is 0 Å². The first-order valence-corrected chi connectivity index (χ1v) is 4.47. The third-order valence-electron chi connectivity index (χ3n) is 2.51. The van der Waals surface area contributed by atoms with Gasteiger partial charge in [0.1, 0.15) is 5.75 Å². The second-order valence-electron chi connectivity index (χ2n) is 3.34. The zero-order valence-electron chi connectivity index (χ0n) is 7.33. The summed E-state index contributed by atoms with van der Waals surface area (Å²) < 4.78 is 0. The predicted octanol–water partition coefficient (Wildman–Crippen LogP) is 0.919. The molecule has 1 unspecified atom stereocenters. The van der Waals surface area contributed by atoms with Crippen molar-refractivity contribution < 1.29 is 10.2 Å². The summed E-state index contributed by atoms with van der Waals surface area (Å²) in [4.78, 5) is 0. The minimum absolute atomic E-state index is 0.107. The van der Waals surface area contributed by atoms with Crippen LogP contribution in [0.2, 0.25) is 0 Å². The van der Waals surface area contributed by atoms with Gasteiger partial charge < -0.3 is 15.5 Å². The van der Waals surface area contributed by atoms with E-state index >= 15 is 0 Å². The molecule has 1 saturated heterocycles. The van der Waals surface area contributed by atoms with Gasteiger partial charge in [0, 0.05) is 11.6 Å². The third kappa shape index (κ3) is 1.53. The number of benzene rings is 1. The first-order chi connectivity index (χ1) is 6.31. The molecule has 1 atom stereocenters. The lowest BCUT2D eigenvalue weighted by Gasteiger charge is -2.28. The molecule has 0 aromatic heterocycles. The van der Waals surface area contributed by atoms with Gasteiger partial charge in [-0.3, -0.25) is 0 Å². The largest absolute Gasteiger partial charge is 0.508 e. The highest BCUT2D eigenvalue weighted by molar-refractivity contribution is 5.37. The van der Waals surface area contributed by atoms with Crippen LogP contribution in [-0.2, 0) is 6.61 Å². The topological polar surface area (TPSA) is 52.5 Å². The van der Waals surface area contributed by atoms with E-state index in [1.54, 1.807) is 12.1 Å². The maximum atomic E-state index is 9.47. The number of hydrogen-bond donors (Lipinski definition) is 3. The van der Waals surface area contributed by atoms with Crippen molar-refractivity contribution in [3.63, 3.8) is 0 Å². The van der Waals surface area contributed by atoms with Gasteiger partial charge in [-0.2, -0.15) is 0 Å². The summed E-state index contributed by atoms with van der Waals surface area (Å²) in [5, 5.41) is 21.6. The van der Waals surface area contributed by atoms with Crippen LogP contribution in [0, 0.1) is 0 Å². The molecule has 0 amide bonds. The summed E-state index contributed by atoms with van der Waals surface area (Å²) in [6, 6.07) is 5.83. The van der Waals surface area contributed by atoms with Crippen LogP contribution in [0.3, 0.4) is 0 Å². The summed E-state index contributed by atoms with van der Waals surface area (Å²) in [7, 11) is 0. The Morgan fingerprint density at radius 1 is 1.46 bits per heavy atom. The van der Waals surface area contributed by atoms with Crippen LogP contribution in [0.5, 0.6) is 5.75 Å². The average molecular weight is 179 g/mol. The molecule has 3 nitrogen and oxygen atoms in total. The van der Waals surface area contributed by atoms with E-state index in [2.05, 4.69) is 5.32 Å². The lowest BCUT2D eigenvalue weighted by Crippen LogP contribution is -2.34. The molecule has 0 radical (unpaired) electrons. The molecule has 1 aliphatic heterocycles. The van der Waals surface area contributed by atoms with Gasteiger partial charge in [-0.1, -0.05) is 12.1 Å². The average Bonchev–Trinajstić information content (AvgIpc) is 2.01. The van der Waals surface area contributed by atoms with Gasteiger partial charge in [-0.05, 0) is 24.6 Å².